The number of amides is 2. The second kappa shape index (κ2) is 7.27. The predicted molar refractivity (Wildman–Crippen MR) is 98.8 cm³/mol. The van der Waals surface area contributed by atoms with Gasteiger partial charge in [-0.05, 0) is 51.0 Å². The third-order valence-corrected chi connectivity index (χ3v) is 4.81. The number of halogens is 2. The number of benzene rings is 1. The van der Waals surface area contributed by atoms with E-state index >= 15 is 0 Å². The zero-order chi connectivity index (χ0) is 20.6. The molecular formula is C20H21F2N3O3. The summed E-state index contributed by atoms with van der Waals surface area (Å²) in [6.45, 7) is 4.96. The highest BCUT2D eigenvalue weighted by atomic mass is 19.1. The Morgan fingerprint density at radius 2 is 2.00 bits per heavy atom. The summed E-state index contributed by atoms with van der Waals surface area (Å²) in [5.74, 6) is -3.14. The average Bonchev–Trinajstić information content (AvgIpc) is 2.95. The summed E-state index contributed by atoms with van der Waals surface area (Å²) in [5.41, 5.74) is 4.99. The van der Waals surface area contributed by atoms with E-state index in [9.17, 15) is 18.4 Å². The molecule has 0 radical (unpaired) electrons. The first kappa shape index (κ1) is 19.9. The van der Waals surface area contributed by atoms with E-state index in [0.717, 1.165) is 0 Å². The van der Waals surface area contributed by atoms with Gasteiger partial charge in [0.25, 0.3) is 11.8 Å². The third-order valence-electron chi connectivity index (χ3n) is 4.81. The van der Waals surface area contributed by atoms with Crippen LogP contribution < -0.4 is 11.1 Å². The second-order valence-electron chi connectivity index (χ2n) is 7.47. The van der Waals surface area contributed by atoms with Gasteiger partial charge in [0.05, 0.1) is 5.60 Å². The largest absolute Gasteiger partial charge is 0.364 e. The predicted octanol–water partition coefficient (Wildman–Crippen LogP) is 3.06. The maximum Gasteiger partial charge on any atom is 0.267 e. The number of anilines is 1. The Morgan fingerprint density at radius 1 is 1.29 bits per heavy atom. The first-order valence-electron chi connectivity index (χ1n) is 8.78. The molecule has 6 nitrogen and oxygen atoms in total. The van der Waals surface area contributed by atoms with Gasteiger partial charge in [0.2, 0.25) is 0 Å². The molecule has 2 aromatic rings. The van der Waals surface area contributed by atoms with E-state index in [2.05, 4.69) is 10.3 Å². The summed E-state index contributed by atoms with van der Waals surface area (Å²) in [4.78, 5) is 27.9. The van der Waals surface area contributed by atoms with Crippen LogP contribution in [-0.2, 0) is 9.53 Å². The minimum Gasteiger partial charge on any atom is -0.364 e. The first-order valence-corrected chi connectivity index (χ1v) is 8.78. The Labute approximate surface area is 161 Å². The standard InChI is InChI=1S/C20H21F2N3O3/c1-10-14(21)5-4-12(16(10)22)13-9-20(2,3)28-17(13)19(27)25-11-6-7-24-15(8-11)18(23)26/h4-8,13,17H,9H2,1-3H3,(H2,23,26)(H,24,25,27)/t13-,17+/m0/s1. The molecule has 1 saturated heterocycles. The van der Waals surface area contributed by atoms with E-state index in [1.54, 1.807) is 13.8 Å². The van der Waals surface area contributed by atoms with Crippen LogP contribution in [0.15, 0.2) is 30.5 Å². The van der Waals surface area contributed by atoms with Crippen LogP contribution in [0.5, 0.6) is 0 Å². The molecule has 3 rings (SSSR count). The second-order valence-corrected chi connectivity index (χ2v) is 7.47. The summed E-state index contributed by atoms with van der Waals surface area (Å²) in [7, 11) is 0. The molecule has 0 bridgehead atoms. The summed E-state index contributed by atoms with van der Waals surface area (Å²) < 4.78 is 34.2. The Bertz CT molecular complexity index is 946. The summed E-state index contributed by atoms with van der Waals surface area (Å²) in [6.07, 6.45) is 0.741. The van der Waals surface area contributed by atoms with Crippen LogP contribution in [0.25, 0.3) is 0 Å². The third kappa shape index (κ3) is 3.87. The van der Waals surface area contributed by atoms with Gasteiger partial charge in [-0.1, -0.05) is 6.07 Å². The average molecular weight is 389 g/mol. The Balaban J connectivity index is 1.90. The molecule has 28 heavy (non-hydrogen) atoms. The molecule has 1 aromatic carbocycles. The van der Waals surface area contributed by atoms with Crippen molar-refractivity contribution in [1.82, 2.24) is 4.98 Å². The molecule has 2 heterocycles. The number of nitrogens with zero attached hydrogens (tertiary/aromatic N) is 1. The van der Waals surface area contributed by atoms with Crippen molar-refractivity contribution in [3.8, 4) is 0 Å². The van der Waals surface area contributed by atoms with Crippen LogP contribution in [0, 0.1) is 18.6 Å². The summed E-state index contributed by atoms with van der Waals surface area (Å²) in [5, 5.41) is 2.65. The van der Waals surface area contributed by atoms with E-state index in [0.29, 0.717) is 12.1 Å². The molecule has 2 atom stereocenters. The Hall–Kier alpha value is -2.87. The minimum absolute atomic E-state index is 0.00206. The minimum atomic E-state index is -0.987. The highest BCUT2D eigenvalue weighted by molar-refractivity contribution is 5.97. The summed E-state index contributed by atoms with van der Waals surface area (Å²) >= 11 is 0. The molecule has 0 aliphatic carbocycles. The van der Waals surface area contributed by atoms with Gasteiger partial charge < -0.3 is 15.8 Å². The maximum atomic E-state index is 14.7. The monoisotopic (exact) mass is 389 g/mol. The number of ether oxygens (including phenoxy) is 1. The normalized spacial score (nSPS) is 20.8. The molecule has 8 heteroatoms. The first-order chi connectivity index (χ1) is 13.1. The molecule has 148 valence electrons. The fourth-order valence-electron chi connectivity index (χ4n) is 3.45. The van der Waals surface area contributed by atoms with Gasteiger partial charge in [0, 0.05) is 23.4 Å². The number of nitrogens with two attached hydrogens (primary N) is 1. The number of carbonyl (C=O) groups is 2. The fraction of sp³-hybridized carbons (Fsp3) is 0.350. The maximum absolute atomic E-state index is 14.7. The number of hydrogen-bond acceptors (Lipinski definition) is 4. The van der Waals surface area contributed by atoms with Crippen LogP contribution >= 0.6 is 0 Å². The zero-order valence-corrected chi connectivity index (χ0v) is 15.8. The number of nitrogens with one attached hydrogen (secondary N) is 1. The molecule has 1 aromatic heterocycles. The van der Waals surface area contributed by atoms with Gasteiger partial charge in [0.1, 0.15) is 23.4 Å². The lowest BCUT2D eigenvalue weighted by Crippen LogP contribution is -2.33. The van der Waals surface area contributed by atoms with Gasteiger partial charge in [-0.15, -0.1) is 0 Å². The smallest absolute Gasteiger partial charge is 0.267 e. The lowest BCUT2D eigenvalue weighted by atomic mass is 9.86. The lowest BCUT2D eigenvalue weighted by molar-refractivity contribution is -0.130. The quantitative estimate of drug-likeness (QED) is 0.840. The molecular weight excluding hydrogens is 368 g/mol. The van der Waals surface area contributed by atoms with Crippen molar-refractivity contribution in [1.29, 1.82) is 0 Å². The van der Waals surface area contributed by atoms with Gasteiger partial charge in [0.15, 0.2) is 0 Å². The number of carbonyl (C=O) groups excluding carboxylic acids is 2. The highest BCUT2D eigenvalue weighted by Gasteiger charge is 2.46. The fourth-order valence-corrected chi connectivity index (χ4v) is 3.45. The van der Waals surface area contributed by atoms with Crippen LogP contribution in [0.4, 0.5) is 14.5 Å². The molecule has 1 fully saturated rings. The van der Waals surface area contributed by atoms with Crippen LogP contribution in [0.2, 0.25) is 0 Å². The molecule has 2 amide bonds. The highest BCUT2D eigenvalue weighted by Crippen LogP contribution is 2.43. The molecule has 1 aliphatic heterocycles. The number of aromatic nitrogens is 1. The Kier molecular flexibility index (Phi) is 5.16. The Morgan fingerprint density at radius 3 is 2.68 bits per heavy atom. The topological polar surface area (TPSA) is 94.3 Å². The van der Waals surface area contributed by atoms with Crippen LogP contribution in [-0.4, -0.2) is 28.5 Å². The lowest BCUT2D eigenvalue weighted by Gasteiger charge is -2.20. The van der Waals surface area contributed by atoms with Gasteiger partial charge in [-0.2, -0.15) is 0 Å². The van der Waals surface area contributed by atoms with Crippen LogP contribution in [0.1, 0.15) is 47.8 Å². The van der Waals surface area contributed by atoms with Gasteiger partial charge >= 0.3 is 0 Å². The number of hydrogen-bond donors (Lipinski definition) is 2. The van der Waals surface area contributed by atoms with Gasteiger partial charge in [-0.25, -0.2) is 8.78 Å². The SMILES string of the molecule is Cc1c(F)ccc([C@@H]2CC(C)(C)O[C@H]2C(=O)Nc2ccnc(C(N)=O)c2)c1F. The van der Waals surface area contributed by atoms with Gasteiger partial charge in [-0.3, -0.25) is 14.6 Å². The number of pyridine rings is 1. The zero-order valence-electron chi connectivity index (χ0n) is 15.8. The van der Waals surface area contributed by atoms with Crippen molar-refractivity contribution < 1.29 is 23.1 Å². The molecule has 0 saturated carbocycles. The molecule has 0 unspecified atom stereocenters. The van der Waals surface area contributed by atoms with Crippen molar-refractivity contribution in [2.75, 3.05) is 5.32 Å². The van der Waals surface area contributed by atoms with E-state index in [4.69, 9.17) is 10.5 Å². The number of rotatable bonds is 4. The van der Waals surface area contributed by atoms with Crippen molar-refractivity contribution in [2.45, 2.75) is 44.8 Å². The van der Waals surface area contributed by atoms with Crippen molar-refractivity contribution in [2.24, 2.45) is 5.73 Å². The summed E-state index contributed by atoms with van der Waals surface area (Å²) in [6, 6.07) is 5.39. The molecule has 3 N–H and O–H groups in total. The van der Waals surface area contributed by atoms with E-state index < -0.39 is 41.1 Å². The van der Waals surface area contributed by atoms with E-state index in [1.165, 1.54) is 37.4 Å². The van der Waals surface area contributed by atoms with E-state index in [-0.39, 0.29) is 16.8 Å². The number of primary amides is 1. The van der Waals surface area contributed by atoms with Crippen molar-refractivity contribution in [3.63, 3.8) is 0 Å². The van der Waals surface area contributed by atoms with Crippen molar-refractivity contribution in [3.05, 3.63) is 58.9 Å². The molecule has 0 spiro atoms. The van der Waals surface area contributed by atoms with E-state index in [1.807, 2.05) is 0 Å². The molecule has 1 aliphatic rings. The van der Waals surface area contributed by atoms with Crippen LogP contribution in [0.3, 0.4) is 0 Å². The van der Waals surface area contributed by atoms with Crippen molar-refractivity contribution >= 4 is 17.5 Å².